The lowest BCUT2D eigenvalue weighted by Crippen LogP contribution is -2.28. The maximum Gasteiger partial charge on any atom is 0.221 e. The third kappa shape index (κ3) is 15.6. The highest BCUT2D eigenvalue weighted by Crippen LogP contribution is 2.17. The van der Waals surface area contributed by atoms with Crippen LogP contribution in [0.15, 0.2) is 58.3 Å². The third-order valence-corrected chi connectivity index (χ3v) is 14.5. The molecule has 258 valence electrons. The van der Waals surface area contributed by atoms with Gasteiger partial charge in [0.25, 0.3) is 0 Å². The van der Waals surface area contributed by atoms with Crippen LogP contribution in [-0.4, -0.2) is 93.1 Å². The molecule has 12 nitrogen and oxygen atoms in total. The number of carbonyl (C=O) groups is 2. The van der Waals surface area contributed by atoms with E-state index < -0.39 is 85.7 Å². The molecule has 2 aromatic rings. The van der Waals surface area contributed by atoms with Gasteiger partial charge < -0.3 is 10.6 Å². The molecule has 0 bridgehead atoms. The van der Waals surface area contributed by atoms with Crippen molar-refractivity contribution < 1.29 is 43.3 Å². The van der Waals surface area contributed by atoms with E-state index in [0.29, 0.717) is 48.8 Å². The number of hydrogen-bond donors (Lipinski definition) is 2. The van der Waals surface area contributed by atoms with Crippen molar-refractivity contribution in [1.82, 2.24) is 10.6 Å². The Morgan fingerprint density at radius 1 is 0.478 bits per heavy atom. The van der Waals surface area contributed by atoms with Crippen LogP contribution in [0.4, 0.5) is 0 Å². The molecular weight excluding hydrogens is 723 g/mol. The predicted octanol–water partition coefficient (Wildman–Crippen LogP) is 2.64. The van der Waals surface area contributed by atoms with Crippen LogP contribution in [0.2, 0.25) is 10.0 Å². The second-order valence-electron chi connectivity index (χ2n) is 10.5. The van der Waals surface area contributed by atoms with E-state index in [0.717, 1.165) is 0 Å². The van der Waals surface area contributed by atoms with E-state index in [2.05, 4.69) is 10.6 Å². The van der Waals surface area contributed by atoms with Crippen LogP contribution in [0.1, 0.15) is 38.5 Å². The van der Waals surface area contributed by atoms with Gasteiger partial charge in [-0.25, -0.2) is 33.7 Å². The summed E-state index contributed by atoms with van der Waals surface area (Å²) in [4.78, 5) is 24.0. The molecule has 2 rings (SSSR count). The van der Waals surface area contributed by atoms with Gasteiger partial charge in [0.15, 0.2) is 39.3 Å². The molecule has 2 aromatic carbocycles. The van der Waals surface area contributed by atoms with Crippen molar-refractivity contribution in [3.63, 3.8) is 0 Å². The molecule has 18 heteroatoms. The Morgan fingerprint density at radius 2 is 0.804 bits per heavy atom. The zero-order valence-corrected chi connectivity index (χ0v) is 29.8. The molecule has 0 radical (unpaired) electrons. The van der Waals surface area contributed by atoms with Crippen LogP contribution in [0.5, 0.6) is 0 Å². The molecule has 0 aliphatic rings. The van der Waals surface area contributed by atoms with Gasteiger partial charge in [-0.15, -0.1) is 0 Å². The molecule has 0 aliphatic carbocycles. The minimum Gasteiger partial charge on any atom is -0.356 e. The molecule has 0 spiro atoms. The van der Waals surface area contributed by atoms with Gasteiger partial charge in [-0.2, -0.15) is 0 Å². The molecule has 0 aromatic heterocycles. The van der Waals surface area contributed by atoms with Crippen molar-refractivity contribution in [2.75, 3.05) is 47.6 Å². The van der Waals surface area contributed by atoms with E-state index in [1.807, 2.05) is 0 Å². The minimum absolute atomic E-state index is 0.0308. The van der Waals surface area contributed by atoms with Crippen molar-refractivity contribution in [2.45, 2.75) is 48.3 Å². The summed E-state index contributed by atoms with van der Waals surface area (Å²) in [6.45, 7) is 0.642. The SMILES string of the molecule is O=C(CCS(=O)(=O)CCS(=O)(=O)c1ccc(Cl)cc1)NCCCCCCNC(=O)CCS(=O)(=O)CCS(=O)(=O)c1ccc(Cl)cc1. The van der Waals surface area contributed by atoms with E-state index in [9.17, 15) is 43.3 Å². The number of carbonyl (C=O) groups excluding carboxylic acids is 2. The number of unbranched alkanes of at least 4 members (excludes halogenated alkanes) is 3. The summed E-state index contributed by atoms with van der Waals surface area (Å²) in [5, 5.41) is 5.96. The van der Waals surface area contributed by atoms with Crippen molar-refractivity contribution in [3.8, 4) is 0 Å². The van der Waals surface area contributed by atoms with Gasteiger partial charge in [0.05, 0.1) is 44.3 Å². The fourth-order valence-electron chi connectivity index (χ4n) is 3.93. The van der Waals surface area contributed by atoms with Crippen LogP contribution >= 0.6 is 23.2 Å². The maximum atomic E-state index is 12.3. The highest BCUT2D eigenvalue weighted by Gasteiger charge is 2.22. The van der Waals surface area contributed by atoms with Crippen molar-refractivity contribution in [3.05, 3.63) is 58.6 Å². The van der Waals surface area contributed by atoms with Gasteiger partial charge in [0.1, 0.15) is 0 Å². The number of rotatable bonds is 21. The van der Waals surface area contributed by atoms with Gasteiger partial charge in [-0.05, 0) is 61.4 Å². The third-order valence-electron chi connectivity index (χ3n) is 6.70. The standard InChI is InChI=1S/C28H38Cl2N2O10S4/c29-23-5-9-25(10-6-23)45(39,40)21-19-43(35,36)17-13-27(33)31-15-3-1-2-4-16-32-28(34)14-18-44(37,38)20-22-46(41,42)26-11-7-24(30)8-12-26/h5-12H,1-4,13-22H2,(H,31,33)(H,32,34). The first-order chi connectivity index (χ1) is 21.4. The fraction of sp³-hybridized carbons (Fsp3) is 0.500. The smallest absolute Gasteiger partial charge is 0.221 e. The number of hydrogen-bond acceptors (Lipinski definition) is 10. The molecule has 0 atom stereocenters. The van der Waals surface area contributed by atoms with Gasteiger partial charge in [-0.3, -0.25) is 9.59 Å². The molecule has 2 N–H and O–H groups in total. The number of benzene rings is 2. The monoisotopic (exact) mass is 760 g/mol. The number of amides is 2. The average Bonchev–Trinajstić information content (AvgIpc) is 2.99. The molecule has 0 aliphatic heterocycles. The summed E-state index contributed by atoms with van der Waals surface area (Å²) in [7, 11) is -15.2. The highest BCUT2D eigenvalue weighted by atomic mass is 35.5. The molecule has 0 unspecified atom stereocenters. The zero-order valence-electron chi connectivity index (χ0n) is 25.0. The Kier molecular flexibility index (Phi) is 15.9. The average molecular weight is 762 g/mol. The number of halogens is 2. The normalized spacial score (nSPS) is 12.5. The van der Waals surface area contributed by atoms with Crippen molar-refractivity contribution in [1.29, 1.82) is 0 Å². The summed E-state index contributed by atoms with van der Waals surface area (Å²) in [5.41, 5.74) is 0. The molecule has 46 heavy (non-hydrogen) atoms. The summed E-state index contributed by atoms with van der Waals surface area (Å²) in [5.74, 6) is -4.29. The first kappa shape index (κ1) is 39.9. The Labute approximate surface area is 281 Å². The zero-order chi connectivity index (χ0) is 34.4. The van der Waals surface area contributed by atoms with Crippen LogP contribution in [0.3, 0.4) is 0 Å². The second-order valence-corrected chi connectivity index (χ2v) is 20.2. The molecule has 0 heterocycles. The Bertz CT molecular complexity index is 1620. The maximum absolute atomic E-state index is 12.3. The lowest BCUT2D eigenvalue weighted by atomic mass is 10.2. The minimum atomic E-state index is -3.81. The summed E-state index contributed by atoms with van der Waals surface area (Å²) in [6.07, 6.45) is 2.08. The molecular formula is C28H38Cl2N2O10S4. The summed E-state index contributed by atoms with van der Waals surface area (Å²) >= 11 is 11.5. The summed E-state index contributed by atoms with van der Waals surface area (Å²) < 4.78 is 98.4. The van der Waals surface area contributed by atoms with E-state index in [-0.39, 0.29) is 22.6 Å². The van der Waals surface area contributed by atoms with Crippen molar-refractivity contribution in [2.24, 2.45) is 0 Å². The topological polar surface area (TPSA) is 195 Å². The lowest BCUT2D eigenvalue weighted by Gasteiger charge is -2.08. The van der Waals surface area contributed by atoms with E-state index in [4.69, 9.17) is 23.2 Å². The van der Waals surface area contributed by atoms with Crippen molar-refractivity contribution >= 4 is 74.4 Å². The molecule has 0 saturated carbocycles. The van der Waals surface area contributed by atoms with Gasteiger partial charge in [0.2, 0.25) is 11.8 Å². The lowest BCUT2D eigenvalue weighted by molar-refractivity contribution is -0.121. The van der Waals surface area contributed by atoms with E-state index in [1.54, 1.807) is 0 Å². The van der Waals surface area contributed by atoms with Crippen LogP contribution < -0.4 is 10.6 Å². The van der Waals surface area contributed by atoms with Crippen LogP contribution in [0.25, 0.3) is 0 Å². The van der Waals surface area contributed by atoms with Gasteiger partial charge in [0, 0.05) is 36.0 Å². The van der Waals surface area contributed by atoms with E-state index >= 15 is 0 Å². The predicted molar refractivity (Wildman–Crippen MR) is 178 cm³/mol. The van der Waals surface area contributed by atoms with Gasteiger partial charge >= 0.3 is 0 Å². The first-order valence-corrected chi connectivity index (χ1v) is 22.0. The van der Waals surface area contributed by atoms with E-state index in [1.165, 1.54) is 48.5 Å². The van der Waals surface area contributed by atoms with Crippen LogP contribution in [-0.2, 0) is 48.9 Å². The Hall–Kier alpha value is -2.24. The second kappa shape index (κ2) is 18.3. The number of sulfone groups is 4. The molecule has 0 fully saturated rings. The highest BCUT2D eigenvalue weighted by molar-refractivity contribution is 7.95. The van der Waals surface area contributed by atoms with Gasteiger partial charge in [-0.1, -0.05) is 36.0 Å². The Balaban J connectivity index is 1.53. The number of nitrogens with one attached hydrogen (secondary N) is 2. The largest absolute Gasteiger partial charge is 0.356 e. The first-order valence-electron chi connectivity index (χ1n) is 14.3. The molecule has 2 amide bonds. The quantitative estimate of drug-likeness (QED) is 0.179. The van der Waals surface area contributed by atoms with Crippen LogP contribution in [0, 0.1) is 0 Å². The molecule has 0 saturated heterocycles. The Morgan fingerprint density at radius 3 is 1.13 bits per heavy atom. The summed E-state index contributed by atoms with van der Waals surface area (Å²) in [6, 6.07) is 10.8. The fourth-order valence-corrected chi connectivity index (χ4v) is 10.9.